The third-order valence-corrected chi connectivity index (χ3v) is 13.8. The minimum atomic E-state index is -0.209. The molecule has 0 radical (unpaired) electrons. The van der Waals surface area contributed by atoms with Gasteiger partial charge in [0.25, 0.3) is 0 Å². The van der Waals surface area contributed by atoms with E-state index >= 15 is 0 Å². The van der Waals surface area contributed by atoms with Crippen molar-refractivity contribution in [2.75, 3.05) is 0 Å². The molecule has 5 fully saturated rings. The van der Waals surface area contributed by atoms with Crippen LogP contribution in [0.3, 0.4) is 0 Å². The number of amides is 2. The standard InChI is InChI=1S/C34H58N2O/c1-21(2)23-12-11-22-15-19-33(9)24(28(22)23)13-14-26-32(8)18-17-27(35-29(37)36-30(3,4)5)31(6,7)25(32)16-20-34(26,33)10/h22-28H,1,11-20H2,2-10H3,(H2,35,36,37)/t22-,23+,24-,25+,26-,27?,28-,32+,33-,34-/m1/s1. The van der Waals surface area contributed by atoms with Crippen LogP contribution in [-0.4, -0.2) is 17.6 Å². The number of carbonyl (C=O) groups is 1. The van der Waals surface area contributed by atoms with Crippen molar-refractivity contribution in [2.45, 2.75) is 138 Å². The van der Waals surface area contributed by atoms with Crippen molar-refractivity contribution in [1.82, 2.24) is 10.6 Å². The SMILES string of the molecule is C=C(C)[C@@H]1CC[C@@H]2CC[C@]3(C)[C@H](CC[C@@H]4[C@@]5(C)CCC(NC(=O)NC(C)(C)C)C(C)(C)[C@@H]5CC[C@]43C)[C@H]21. The van der Waals surface area contributed by atoms with E-state index in [1.165, 1.54) is 63.4 Å². The molecule has 5 aliphatic carbocycles. The predicted octanol–water partition coefficient (Wildman–Crippen LogP) is 8.74. The topological polar surface area (TPSA) is 41.1 Å². The Hall–Kier alpha value is -0.990. The van der Waals surface area contributed by atoms with Gasteiger partial charge in [-0.15, -0.1) is 0 Å². The first-order chi connectivity index (χ1) is 17.0. The lowest BCUT2D eigenvalue weighted by molar-refractivity contribution is -0.230. The molecule has 0 aromatic carbocycles. The molecule has 5 saturated carbocycles. The summed E-state index contributed by atoms with van der Waals surface area (Å²) in [4.78, 5) is 12.9. The maximum absolute atomic E-state index is 12.9. The molecule has 5 aliphatic rings. The number of rotatable bonds is 2. The Morgan fingerprint density at radius 1 is 0.811 bits per heavy atom. The first-order valence-corrected chi connectivity index (χ1v) is 15.8. The summed E-state index contributed by atoms with van der Waals surface area (Å²) < 4.78 is 0. The molecule has 2 amide bonds. The number of hydrogen-bond donors (Lipinski definition) is 2. The Bertz CT molecular complexity index is 931. The minimum Gasteiger partial charge on any atom is -0.335 e. The van der Waals surface area contributed by atoms with Crippen molar-refractivity contribution in [2.24, 2.45) is 57.2 Å². The maximum atomic E-state index is 12.9. The Labute approximate surface area is 228 Å². The molecule has 3 heteroatoms. The summed E-state index contributed by atoms with van der Waals surface area (Å²) in [5, 5.41) is 6.58. The molecule has 1 unspecified atom stereocenters. The first-order valence-electron chi connectivity index (χ1n) is 15.8. The zero-order valence-electron chi connectivity index (χ0n) is 25.7. The molecule has 0 bridgehead atoms. The summed E-state index contributed by atoms with van der Waals surface area (Å²) in [6.45, 7) is 26.1. The number of nitrogens with one attached hydrogen (secondary N) is 2. The van der Waals surface area contributed by atoms with Crippen LogP contribution in [0.25, 0.3) is 0 Å². The van der Waals surface area contributed by atoms with Gasteiger partial charge >= 0.3 is 6.03 Å². The van der Waals surface area contributed by atoms with Gasteiger partial charge < -0.3 is 10.6 Å². The summed E-state index contributed by atoms with van der Waals surface area (Å²) in [6, 6.07) is 0.248. The van der Waals surface area contributed by atoms with Crippen LogP contribution < -0.4 is 10.6 Å². The molecule has 210 valence electrons. The lowest BCUT2D eigenvalue weighted by atomic mass is 9.33. The van der Waals surface area contributed by atoms with Gasteiger partial charge in [-0.3, -0.25) is 0 Å². The number of carbonyl (C=O) groups excluding carboxylic acids is 1. The summed E-state index contributed by atoms with van der Waals surface area (Å²) in [5.74, 6) is 4.94. The first kappa shape index (κ1) is 27.6. The maximum Gasteiger partial charge on any atom is 0.315 e. The fourth-order valence-electron chi connectivity index (χ4n) is 12.0. The second-order valence-corrected chi connectivity index (χ2v) is 16.8. The van der Waals surface area contributed by atoms with Gasteiger partial charge in [0.1, 0.15) is 0 Å². The molecule has 0 saturated heterocycles. The summed E-state index contributed by atoms with van der Waals surface area (Å²) >= 11 is 0. The normalized spacial score (nSPS) is 48.6. The van der Waals surface area contributed by atoms with Crippen molar-refractivity contribution in [3.63, 3.8) is 0 Å². The lowest BCUT2D eigenvalue weighted by Crippen LogP contribution is -2.67. The third kappa shape index (κ3) is 4.05. The molecule has 2 N–H and O–H groups in total. The second-order valence-electron chi connectivity index (χ2n) is 16.8. The van der Waals surface area contributed by atoms with Gasteiger partial charge in [-0.05, 0) is 149 Å². The molecule has 3 nitrogen and oxygen atoms in total. The van der Waals surface area contributed by atoms with Gasteiger partial charge in [-0.2, -0.15) is 0 Å². The fourth-order valence-corrected chi connectivity index (χ4v) is 12.0. The van der Waals surface area contributed by atoms with E-state index in [2.05, 4.69) is 79.5 Å². The van der Waals surface area contributed by atoms with E-state index in [0.717, 1.165) is 36.0 Å². The lowest BCUT2D eigenvalue weighted by Gasteiger charge is -2.72. The van der Waals surface area contributed by atoms with Crippen LogP contribution in [0.15, 0.2) is 12.2 Å². The average molecular weight is 511 g/mol. The third-order valence-electron chi connectivity index (χ3n) is 13.8. The van der Waals surface area contributed by atoms with Gasteiger partial charge in [-0.1, -0.05) is 46.8 Å². The van der Waals surface area contributed by atoms with Crippen LogP contribution in [0.4, 0.5) is 4.79 Å². The molecule has 0 aromatic heterocycles. The van der Waals surface area contributed by atoms with Crippen LogP contribution in [0.1, 0.15) is 127 Å². The van der Waals surface area contributed by atoms with Crippen LogP contribution in [0.5, 0.6) is 0 Å². The van der Waals surface area contributed by atoms with E-state index in [4.69, 9.17) is 0 Å². The molecular formula is C34H58N2O. The molecule has 37 heavy (non-hydrogen) atoms. The Balaban J connectivity index is 1.41. The van der Waals surface area contributed by atoms with E-state index in [1.54, 1.807) is 0 Å². The van der Waals surface area contributed by atoms with Crippen molar-refractivity contribution < 1.29 is 4.79 Å². The molecule has 0 aliphatic heterocycles. The molecular weight excluding hydrogens is 452 g/mol. The monoisotopic (exact) mass is 510 g/mol. The smallest absolute Gasteiger partial charge is 0.315 e. The van der Waals surface area contributed by atoms with E-state index < -0.39 is 0 Å². The summed E-state index contributed by atoms with van der Waals surface area (Å²) in [7, 11) is 0. The second kappa shape index (κ2) is 8.76. The van der Waals surface area contributed by atoms with Crippen molar-refractivity contribution in [3.8, 4) is 0 Å². The number of allylic oxidation sites excluding steroid dienone is 1. The Kier molecular flexibility index (Phi) is 6.52. The molecule has 0 spiro atoms. The van der Waals surface area contributed by atoms with Gasteiger partial charge in [0.05, 0.1) is 0 Å². The van der Waals surface area contributed by atoms with E-state index in [-0.39, 0.29) is 23.0 Å². The molecule has 0 heterocycles. The highest BCUT2D eigenvalue weighted by Gasteiger charge is 2.69. The average Bonchev–Trinajstić information content (AvgIpc) is 3.19. The van der Waals surface area contributed by atoms with E-state index in [1.807, 2.05) is 0 Å². The highest BCUT2D eigenvalue weighted by molar-refractivity contribution is 5.75. The quantitative estimate of drug-likeness (QED) is 0.358. The number of hydrogen-bond acceptors (Lipinski definition) is 1. The van der Waals surface area contributed by atoms with Crippen molar-refractivity contribution >= 4 is 6.03 Å². The zero-order chi connectivity index (χ0) is 27.2. The van der Waals surface area contributed by atoms with Crippen molar-refractivity contribution in [1.29, 1.82) is 0 Å². The van der Waals surface area contributed by atoms with Crippen LogP contribution in [0.2, 0.25) is 0 Å². The minimum absolute atomic E-state index is 0.00300. The van der Waals surface area contributed by atoms with Crippen LogP contribution in [0, 0.1) is 57.2 Å². The molecule has 5 rings (SSSR count). The Morgan fingerprint density at radius 2 is 1.49 bits per heavy atom. The predicted molar refractivity (Wildman–Crippen MR) is 155 cm³/mol. The van der Waals surface area contributed by atoms with Gasteiger partial charge in [0.2, 0.25) is 0 Å². The van der Waals surface area contributed by atoms with Crippen molar-refractivity contribution in [3.05, 3.63) is 12.2 Å². The number of urea groups is 1. The zero-order valence-corrected chi connectivity index (χ0v) is 25.7. The Morgan fingerprint density at radius 3 is 2.14 bits per heavy atom. The van der Waals surface area contributed by atoms with Crippen LogP contribution >= 0.6 is 0 Å². The largest absolute Gasteiger partial charge is 0.335 e. The van der Waals surface area contributed by atoms with Gasteiger partial charge in [0.15, 0.2) is 0 Å². The fraction of sp³-hybridized carbons (Fsp3) is 0.912. The van der Waals surface area contributed by atoms with Gasteiger partial charge in [0, 0.05) is 11.6 Å². The van der Waals surface area contributed by atoms with E-state index in [9.17, 15) is 4.79 Å². The number of fused-ring (bicyclic) bond motifs is 7. The molecule has 10 atom stereocenters. The highest BCUT2D eigenvalue weighted by atomic mass is 16.2. The van der Waals surface area contributed by atoms with Gasteiger partial charge in [-0.25, -0.2) is 4.79 Å². The van der Waals surface area contributed by atoms with Crippen LogP contribution in [-0.2, 0) is 0 Å². The summed E-state index contributed by atoms with van der Waals surface area (Å²) in [6.07, 6.45) is 13.6. The van der Waals surface area contributed by atoms with E-state index in [0.29, 0.717) is 22.2 Å². The highest BCUT2D eigenvalue weighted by Crippen LogP contribution is 2.76. The molecule has 0 aromatic rings. The summed E-state index contributed by atoms with van der Waals surface area (Å²) in [5.41, 5.74) is 2.60.